The molecule has 0 aromatic heterocycles. The highest BCUT2D eigenvalue weighted by Gasteiger charge is 2.33. The molecule has 1 aliphatic heterocycles. The molecule has 90 valence electrons. The van der Waals surface area contributed by atoms with Crippen LogP contribution in [0.2, 0.25) is 0 Å². The Morgan fingerprint density at radius 3 is 2.29 bits per heavy atom. The van der Waals surface area contributed by atoms with E-state index in [1.165, 1.54) is 11.3 Å². The van der Waals surface area contributed by atoms with E-state index in [1.54, 1.807) is 0 Å². The Morgan fingerprint density at radius 1 is 1.00 bits per heavy atom. The Kier molecular flexibility index (Phi) is 2.94. The van der Waals surface area contributed by atoms with Crippen molar-refractivity contribution in [2.24, 2.45) is 15.8 Å². The Hall–Kier alpha value is -1.37. The van der Waals surface area contributed by atoms with Crippen LogP contribution < -0.4 is 0 Å². The van der Waals surface area contributed by atoms with Crippen LogP contribution in [-0.4, -0.2) is 5.71 Å². The van der Waals surface area contributed by atoms with E-state index in [0.29, 0.717) is 0 Å². The molecule has 1 nitrogen and oxygen atoms in total. The van der Waals surface area contributed by atoms with Crippen LogP contribution in [0.15, 0.2) is 47.6 Å². The minimum absolute atomic E-state index is 0.106. The molecule has 0 bridgehead atoms. The summed E-state index contributed by atoms with van der Waals surface area (Å²) in [5.74, 6) is 0. The van der Waals surface area contributed by atoms with Crippen LogP contribution >= 0.6 is 0 Å². The SMILES string of the molecule is CC1(C)C=CN=C(c2ccccc2)C(C)(C)C1. The van der Waals surface area contributed by atoms with Gasteiger partial charge in [0.15, 0.2) is 0 Å². The monoisotopic (exact) mass is 227 g/mol. The van der Waals surface area contributed by atoms with Crippen LogP contribution in [0.5, 0.6) is 0 Å². The van der Waals surface area contributed by atoms with Crippen LogP contribution in [0.25, 0.3) is 0 Å². The summed E-state index contributed by atoms with van der Waals surface area (Å²) in [4.78, 5) is 4.68. The predicted molar refractivity (Wildman–Crippen MR) is 74.3 cm³/mol. The van der Waals surface area contributed by atoms with Gasteiger partial charge in [0.05, 0.1) is 5.71 Å². The zero-order valence-electron chi connectivity index (χ0n) is 11.2. The van der Waals surface area contributed by atoms with Gasteiger partial charge in [0.1, 0.15) is 0 Å². The molecule has 0 fully saturated rings. The largest absolute Gasteiger partial charge is 0.260 e. The summed E-state index contributed by atoms with van der Waals surface area (Å²) < 4.78 is 0. The van der Waals surface area contributed by atoms with Gasteiger partial charge in [-0.05, 0) is 17.4 Å². The topological polar surface area (TPSA) is 12.4 Å². The Bertz CT molecular complexity index is 450. The lowest BCUT2D eigenvalue weighted by atomic mass is 9.71. The first-order chi connectivity index (χ1) is 7.91. The van der Waals surface area contributed by atoms with Crippen molar-refractivity contribution in [3.8, 4) is 0 Å². The maximum atomic E-state index is 4.68. The summed E-state index contributed by atoms with van der Waals surface area (Å²) in [6.45, 7) is 9.12. The van der Waals surface area contributed by atoms with Crippen molar-refractivity contribution in [1.29, 1.82) is 0 Å². The molecule has 0 spiro atoms. The fraction of sp³-hybridized carbons (Fsp3) is 0.438. The first-order valence-electron chi connectivity index (χ1n) is 6.22. The van der Waals surface area contributed by atoms with Gasteiger partial charge in [-0.25, -0.2) is 0 Å². The van der Waals surface area contributed by atoms with Crippen molar-refractivity contribution in [3.05, 3.63) is 48.2 Å². The second-order valence-electron chi connectivity index (χ2n) is 6.21. The molecule has 2 rings (SSSR count). The molecule has 1 aliphatic rings. The van der Waals surface area contributed by atoms with Crippen LogP contribution in [-0.2, 0) is 0 Å². The molecule has 0 saturated carbocycles. The quantitative estimate of drug-likeness (QED) is 0.672. The normalized spacial score (nSPS) is 21.8. The predicted octanol–water partition coefficient (Wildman–Crippen LogP) is 4.45. The average Bonchev–Trinajstić information content (AvgIpc) is 2.33. The number of nitrogens with zero attached hydrogens (tertiary/aromatic N) is 1. The standard InChI is InChI=1S/C16H21N/c1-15(2)10-11-17-14(16(3,4)12-15)13-8-6-5-7-9-13/h5-11H,12H2,1-4H3. The zero-order chi connectivity index (χ0) is 12.5. The summed E-state index contributed by atoms with van der Waals surface area (Å²) in [7, 11) is 0. The molecule has 1 aromatic rings. The number of hydrogen-bond acceptors (Lipinski definition) is 1. The minimum atomic E-state index is 0.106. The van der Waals surface area contributed by atoms with E-state index in [1.807, 2.05) is 12.3 Å². The van der Waals surface area contributed by atoms with Crippen molar-refractivity contribution in [2.45, 2.75) is 34.1 Å². The minimum Gasteiger partial charge on any atom is -0.260 e. The lowest BCUT2D eigenvalue weighted by Gasteiger charge is -2.32. The fourth-order valence-electron chi connectivity index (χ4n) is 2.83. The molecule has 1 aromatic carbocycles. The fourth-order valence-corrected chi connectivity index (χ4v) is 2.83. The van der Waals surface area contributed by atoms with Crippen molar-refractivity contribution >= 4 is 5.71 Å². The lowest BCUT2D eigenvalue weighted by Crippen LogP contribution is -2.29. The van der Waals surface area contributed by atoms with Gasteiger partial charge in [-0.1, -0.05) is 64.1 Å². The second-order valence-corrected chi connectivity index (χ2v) is 6.21. The van der Waals surface area contributed by atoms with Gasteiger partial charge in [-0.3, -0.25) is 4.99 Å². The highest BCUT2D eigenvalue weighted by molar-refractivity contribution is 6.04. The lowest BCUT2D eigenvalue weighted by molar-refractivity contribution is 0.319. The van der Waals surface area contributed by atoms with Crippen molar-refractivity contribution in [3.63, 3.8) is 0 Å². The molecule has 0 radical (unpaired) electrons. The van der Waals surface area contributed by atoms with Gasteiger partial charge in [0.2, 0.25) is 0 Å². The molecular formula is C16H21N. The van der Waals surface area contributed by atoms with Crippen molar-refractivity contribution in [1.82, 2.24) is 0 Å². The van der Waals surface area contributed by atoms with Gasteiger partial charge in [0, 0.05) is 11.6 Å². The van der Waals surface area contributed by atoms with E-state index in [4.69, 9.17) is 0 Å². The van der Waals surface area contributed by atoms with Crippen LogP contribution in [0.3, 0.4) is 0 Å². The van der Waals surface area contributed by atoms with Gasteiger partial charge >= 0.3 is 0 Å². The summed E-state index contributed by atoms with van der Waals surface area (Å²) in [5.41, 5.74) is 2.75. The van der Waals surface area contributed by atoms with E-state index < -0.39 is 0 Å². The zero-order valence-corrected chi connectivity index (χ0v) is 11.2. The van der Waals surface area contributed by atoms with Crippen LogP contribution in [0.1, 0.15) is 39.7 Å². The van der Waals surface area contributed by atoms with Gasteiger partial charge in [-0.15, -0.1) is 0 Å². The van der Waals surface area contributed by atoms with Gasteiger partial charge in [-0.2, -0.15) is 0 Å². The highest BCUT2D eigenvalue weighted by Crippen LogP contribution is 2.39. The smallest absolute Gasteiger partial charge is 0.0532 e. The van der Waals surface area contributed by atoms with E-state index in [9.17, 15) is 0 Å². The second kappa shape index (κ2) is 4.14. The Labute approximate surface area is 104 Å². The molecule has 0 saturated heterocycles. The molecule has 17 heavy (non-hydrogen) atoms. The maximum Gasteiger partial charge on any atom is 0.0532 e. The van der Waals surface area contributed by atoms with E-state index in [2.05, 4.69) is 63.0 Å². The van der Waals surface area contributed by atoms with E-state index in [0.717, 1.165) is 6.42 Å². The number of allylic oxidation sites excluding steroid dienone is 1. The molecular weight excluding hydrogens is 206 g/mol. The first-order valence-corrected chi connectivity index (χ1v) is 6.22. The van der Waals surface area contributed by atoms with Gasteiger partial charge < -0.3 is 0 Å². The molecule has 0 amide bonds. The summed E-state index contributed by atoms with van der Waals surface area (Å²) in [6.07, 6.45) is 5.30. The Morgan fingerprint density at radius 2 is 1.65 bits per heavy atom. The number of aliphatic imine (C=N–C) groups is 1. The summed E-state index contributed by atoms with van der Waals surface area (Å²) in [6, 6.07) is 10.5. The summed E-state index contributed by atoms with van der Waals surface area (Å²) in [5, 5.41) is 0. The molecule has 0 aliphatic carbocycles. The number of hydrogen-bond donors (Lipinski definition) is 0. The van der Waals surface area contributed by atoms with Crippen molar-refractivity contribution < 1.29 is 0 Å². The summed E-state index contributed by atoms with van der Waals surface area (Å²) >= 11 is 0. The maximum absolute atomic E-state index is 4.68. The third-order valence-corrected chi connectivity index (χ3v) is 3.32. The van der Waals surface area contributed by atoms with Gasteiger partial charge in [0.25, 0.3) is 0 Å². The molecule has 0 atom stereocenters. The molecule has 1 heterocycles. The van der Waals surface area contributed by atoms with E-state index >= 15 is 0 Å². The average molecular weight is 227 g/mol. The number of rotatable bonds is 1. The highest BCUT2D eigenvalue weighted by atomic mass is 14.7. The van der Waals surface area contributed by atoms with Crippen molar-refractivity contribution in [2.75, 3.05) is 0 Å². The van der Waals surface area contributed by atoms with Crippen LogP contribution in [0, 0.1) is 10.8 Å². The van der Waals surface area contributed by atoms with Crippen LogP contribution in [0.4, 0.5) is 0 Å². The first kappa shape index (κ1) is 12.1. The molecule has 1 heteroatoms. The number of benzene rings is 1. The Balaban J connectivity index is 2.42. The molecule has 0 unspecified atom stereocenters. The third-order valence-electron chi connectivity index (χ3n) is 3.32. The third kappa shape index (κ3) is 2.66. The van der Waals surface area contributed by atoms with E-state index in [-0.39, 0.29) is 10.8 Å². The molecule has 0 N–H and O–H groups in total.